The van der Waals surface area contributed by atoms with E-state index in [9.17, 15) is 14.4 Å². The lowest BCUT2D eigenvalue weighted by atomic mass is 10.0. The van der Waals surface area contributed by atoms with Crippen LogP contribution in [-0.2, 0) is 14.4 Å². The Morgan fingerprint density at radius 3 is 2.25 bits per heavy atom. The monoisotopic (exact) mass is 284 g/mol. The highest BCUT2D eigenvalue weighted by Crippen LogP contribution is 2.30. The molecule has 0 unspecified atom stereocenters. The summed E-state index contributed by atoms with van der Waals surface area (Å²) in [5.74, 6) is -1.54. The van der Waals surface area contributed by atoms with Gasteiger partial charge in [-0.25, -0.2) is 0 Å². The van der Waals surface area contributed by atoms with Gasteiger partial charge in [0.05, 0.1) is 5.92 Å². The lowest BCUT2D eigenvalue weighted by molar-refractivity contribution is -0.141. The summed E-state index contributed by atoms with van der Waals surface area (Å²) in [6.07, 6.45) is 1.88. The molecule has 1 aliphatic carbocycles. The lowest BCUT2D eigenvalue weighted by Crippen LogP contribution is -2.36. The maximum atomic E-state index is 11.9. The largest absolute Gasteiger partial charge is 0.481 e. The summed E-state index contributed by atoms with van der Waals surface area (Å²) in [4.78, 5) is 36.2. The molecule has 0 aromatic heterocycles. The SMILES string of the molecule is CCN(CC)C(=O)CCNC(=O)[C@@H]1CC[C@H](C(=O)O)C1. The maximum absolute atomic E-state index is 11.9. The fourth-order valence-electron chi connectivity index (χ4n) is 2.62. The van der Waals surface area contributed by atoms with E-state index in [0.29, 0.717) is 45.3 Å². The molecule has 0 aromatic carbocycles. The minimum atomic E-state index is -0.822. The van der Waals surface area contributed by atoms with Gasteiger partial charge in [0.1, 0.15) is 0 Å². The second-order valence-corrected chi connectivity index (χ2v) is 5.15. The Morgan fingerprint density at radius 1 is 1.15 bits per heavy atom. The highest BCUT2D eigenvalue weighted by atomic mass is 16.4. The van der Waals surface area contributed by atoms with Gasteiger partial charge in [0.25, 0.3) is 0 Å². The number of aliphatic carboxylic acids is 1. The zero-order valence-electron chi connectivity index (χ0n) is 12.2. The van der Waals surface area contributed by atoms with Crippen LogP contribution >= 0.6 is 0 Å². The third-order valence-electron chi connectivity index (χ3n) is 3.91. The predicted octanol–water partition coefficient (Wildman–Crippen LogP) is 0.862. The van der Waals surface area contributed by atoms with Crippen LogP contribution in [0.4, 0.5) is 0 Å². The number of rotatable bonds is 7. The fourth-order valence-corrected chi connectivity index (χ4v) is 2.62. The molecule has 1 aliphatic rings. The number of amides is 2. The van der Waals surface area contributed by atoms with E-state index in [2.05, 4.69) is 5.32 Å². The van der Waals surface area contributed by atoms with E-state index in [1.165, 1.54) is 0 Å². The molecule has 2 atom stereocenters. The Hall–Kier alpha value is -1.59. The van der Waals surface area contributed by atoms with Crippen molar-refractivity contribution >= 4 is 17.8 Å². The Morgan fingerprint density at radius 2 is 1.75 bits per heavy atom. The van der Waals surface area contributed by atoms with Crippen molar-refractivity contribution in [2.45, 2.75) is 39.5 Å². The van der Waals surface area contributed by atoms with Gasteiger partial charge in [-0.3, -0.25) is 14.4 Å². The van der Waals surface area contributed by atoms with Crippen LogP contribution in [0.5, 0.6) is 0 Å². The van der Waals surface area contributed by atoms with E-state index in [1.54, 1.807) is 4.90 Å². The lowest BCUT2D eigenvalue weighted by Gasteiger charge is -2.19. The van der Waals surface area contributed by atoms with Crippen LogP contribution < -0.4 is 5.32 Å². The third-order valence-corrected chi connectivity index (χ3v) is 3.91. The molecule has 114 valence electrons. The Bertz CT molecular complexity index is 366. The summed E-state index contributed by atoms with van der Waals surface area (Å²) in [7, 11) is 0. The molecule has 2 N–H and O–H groups in total. The van der Waals surface area contributed by atoms with Gasteiger partial charge in [0.2, 0.25) is 11.8 Å². The number of nitrogens with one attached hydrogen (secondary N) is 1. The van der Waals surface area contributed by atoms with Gasteiger partial charge < -0.3 is 15.3 Å². The van der Waals surface area contributed by atoms with Crippen LogP contribution in [-0.4, -0.2) is 47.4 Å². The first-order chi connectivity index (χ1) is 9.49. The highest BCUT2D eigenvalue weighted by Gasteiger charge is 2.33. The quantitative estimate of drug-likeness (QED) is 0.726. The number of carbonyl (C=O) groups excluding carboxylic acids is 2. The molecule has 0 aliphatic heterocycles. The van der Waals surface area contributed by atoms with Crippen LogP contribution in [0.2, 0.25) is 0 Å². The smallest absolute Gasteiger partial charge is 0.306 e. The standard InChI is InChI=1S/C14H24N2O4/c1-3-16(4-2)12(17)7-8-15-13(18)10-5-6-11(9-10)14(19)20/h10-11H,3-9H2,1-2H3,(H,15,18)(H,19,20)/t10-,11+/m1/s1. The van der Waals surface area contributed by atoms with Crippen LogP contribution in [0, 0.1) is 11.8 Å². The summed E-state index contributed by atoms with van der Waals surface area (Å²) in [5, 5.41) is 11.6. The molecule has 0 aromatic rings. The fraction of sp³-hybridized carbons (Fsp3) is 0.786. The van der Waals surface area contributed by atoms with Gasteiger partial charge in [-0.15, -0.1) is 0 Å². The second-order valence-electron chi connectivity index (χ2n) is 5.15. The molecule has 0 saturated heterocycles. The zero-order chi connectivity index (χ0) is 15.1. The van der Waals surface area contributed by atoms with Crippen molar-refractivity contribution in [1.29, 1.82) is 0 Å². The Balaban J connectivity index is 2.27. The van der Waals surface area contributed by atoms with Gasteiger partial charge in [-0.05, 0) is 33.1 Å². The minimum absolute atomic E-state index is 0.0325. The van der Waals surface area contributed by atoms with Crippen molar-refractivity contribution in [1.82, 2.24) is 10.2 Å². The van der Waals surface area contributed by atoms with Gasteiger partial charge >= 0.3 is 5.97 Å². The normalized spacial score (nSPS) is 21.5. The van der Waals surface area contributed by atoms with E-state index < -0.39 is 11.9 Å². The Kier molecular flexibility index (Phi) is 6.48. The summed E-state index contributed by atoms with van der Waals surface area (Å²) in [6, 6.07) is 0. The van der Waals surface area contributed by atoms with Gasteiger partial charge in [0.15, 0.2) is 0 Å². The molecular formula is C14H24N2O4. The molecule has 1 saturated carbocycles. The van der Waals surface area contributed by atoms with Gasteiger partial charge in [-0.2, -0.15) is 0 Å². The van der Waals surface area contributed by atoms with Crippen molar-refractivity contribution in [3.05, 3.63) is 0 Å². The average Bonchev–Trinajstić information content (AvgIpc) is 2.89. The number of carboxylic acid groups (broad SMARTS) is 1. The molecule has 0 spiro atoms. The number of nitrogens with zero attached hydrogens (tertiary/aromatic N) is 1. The van der Waals surface area contributed by atoms with Crippen molar-refractivity contribution < 1.29 is 19.5 Å². The molecule has 0 heterocycles. The summed E-state index contributed by atoms with van der Waals surface area (Å²) in [6.45, 7) is 5.51. The van der Waals surface area contributed by atoms with E-state index in [0.717, 1.165) is 0 Å². The number of hydrogen-bond donors (Lipinski definition) is 2. The molecule has 0 radical (unpaired) electrons. The average molecular weight is 284 g/mol. The first kappa shape index (κ1) is 16.5. The van der Waals surface area contributed by atoms with E-state index >= 15 is 0 Å². The second kappa shape index (κ2) is 7.87. The molecule has 1 fully saturated rings. The van der Waals surface area contributed by atoms with Crippen molar-refractivity contribution in [2.24, 2.45) is 11.8 Å². The number of hydrogen-bond acceptors (Lipinski definition) is 3. The van der Waals surface area contributed by atoms with Gasteiger partial charge in [-0.1, -0.05) is 0 Å². The predicted molar refractivity (Wildman–Crippen MR) is 74.0 cm³/mol. The topological polar surface area (TPSA) is 86.7 Å². The Labute approximate surface area is 119 Å². The van der Waals surface area contributed by atoms with Crippen LogP contribution in [0.25, 0.3) is 0 Å². The summed E-state index contributed by atoms with van der Waals surface area (Å²) >= 11 is 0. The first-order valence-corrected chi connectivity index (χ1v) is 7.27. The molecule has 2 amide bonds. The van der Waals surface area contributed by atoms with Gasteiger partial charge in [0, 0.05) is 32.0 Å². The first-order valence-electron chi connectivity index (χ1n) is 7.27. The third kappa shape index (κ3) is 4.51. The van der Waals surface area contributed by atoms with Crippen LogP contribution in [0.1, 0.15) is 39.5 Å². The van der Waals surface area contributed by atoms with E-state index in [4.69, 9.17) is 5.11 Å². The zero-order valence-corrected chi connectivity index (χ0v) is 12.2. The van der Waals surface area contributed by atoms with Crippen molar-refractivity contribution in [3.63, 3.8) is 0 Å². The molecular weight excluding hydrogens is 260 g/mol. The molecule has 6 heteroatoms. The van der Waals surface area contributed by atoms with E-state index in [-0.39, 0.29) is 17.7 Å². The molecule has 20 heavy (non-hydrogen) atoms. The van der Waals surface area contributed by atoms with Crippen LogP contribution in [0.15, 0.2) is 0 Å². The summed E-state index contributed by atoms with van der Waals surface area (Å²) in [5.41, 5.74) is 0. The summed E-state index contributed by atoms with van der Waals surface area (Å²) < 4.78 is 0. The van der Waals surface area contributed by atoms with Crippen molar-refractivity contribution in [2.75, 3.05) is 19.6 Å². The highest BCUT2D eigenvalue weighted by molar-refractivity contribution is 5.82. The van der Waals surface area contributed by atoms with E-state index in [1.807, 2.05) is 13.8 Å². The molecule has 6 nitrogen and oxygen atoms in total. The number of carboxylic acids is 1. The maximum Gasteiger partial charge on any atom is 0.306 e. The van der Waals surface area contributed by atoms with Crippen LogP contribution in [0.3, 0.4) is 0 Å². The number of carbonyl (C=O) groups is 3. The minimum Gasteiger partial charge on any atom is -0.481 e. The molecule has 1 rings (SSSR count). The van der Waals surface area contributed by atoms with Crippen molar-refractivity contribution in [3.8, 4) is 0 Å². The molecule has 0 bridgehead atoms.